The zero-order valence-corrected chi connectivity index (χ0v) is 9.88. The van der Waals surface area contributed by atoms with Crippen LogP contribution < -0.4 is 5.73 Å². The first-order valence-electron chi connectivity index (χ1n) is 4.66. The minimum Gasteiger partial charge on any atom is -0.409 e. The molecule has 1 aromatic rings. The van der Waals surface area contributed by atoms with Gasteiger partial charge in [-0.05, 0) is 18.6 Å². The number of aryl methyl sites for hydroxylation is 1. The number of hydrogen-bond acceptors (Lipinski definition) is 4. The molecule has 0 fully saturated rings. The second kappa shape index (κ2) is 5.02. The summed E-state index contributed by atoms with van der Waals surface area (Å²) in [7, 11) is 0. The van der Waals surface area contributed by atoms with Crippen LogP contribution in [0.25, 0.3) is 0 Å². The highest BCUT2D eigenvalue weighted by molar-refractivity contribution is 7.99. The van der Waals surface area contributed by atoms with E-state index in [1.807, 2.05) is 13.0 Å². The molecule has 1 rings (SSSR count). The Balaban J connectivity index is 3.20. The van der Waals surface area contributed by atoms with Gasteiger partial charge in [-0.3, -0.25) is 0 Å². The number of oxime groups is 1. The van der Waals surface area contributed by atoms with Gasteiger partial charge in [-0.2, -0.15) is 0 Å². The van der Waals surface area contributed by atoms with Crippen molar-refractivity contribution in [1.82, 2.24) is 4.98 Å². The Kier molecular flexibility index (Phi) is 3.96. The first-order valence-corrected chi connectivity index (χ1v) is 5.54. The molecule has 82 valence electrons. The highest BCUT2D eigenvalue weighted by Gasteiger charge is 2.13. The average molecular weight is 225 g/mol. The van der Waals surface area contributed by atoms with Crippen LogP contribution in [0, 0.1) is 6.92 Å². The largest absolute Gasteiger partial charge is 0.409 e. The molecule has 0 bridgehead atoms. The fourth-order valence-corrected chi connectivity index (χ4v) is 2.16. The van der Waals surface area contributed by atoms with Crippen molar-refractivity contribution < 1.29 is 5.21 Å². The molecule has 1 heterocycles. The molecule has 0 aliphatic rings. The van der Waals surface area contributed by atoms with E-state index in [1.165, 1.54) is 0 Å². The van der Waals surface area contributed by atoms with Crippen molar-refractivity contribution >= 4 is 17.6 Å². The third kappa shape index (κ3) is 2.86. The number of hydrogen-bond donors (Lipinski definition) is 2. The molecule has 0 radical (unpaired) electrons. The van der Waals surface area contributed by atoms with E-state index in [1.54, 1.807) is 18.0 Å². The maximum atomic E-state index is 8.70. The number of aromatic nitrogens is 1. The van der Waals surface area contributed by atoms with Crippen LogP contribution in [0.5, 0.6) is 0 Å². The van der Waals surface area contributed by atoms with Crippen LogP contribution in [0.2, 0.25) is 0 Å². The third-order valence-corrected chi connectivity index (χ3v) is 2.84. The minimum atomic E-state index is 0.115. The van der Waals surface area contributed by atoms with E-state index in [4.69, 9.17) is 10.9 Å². The maximum absolute atomic E-state index is 8.70. The van der Waals surface area contributed by atoms with Crippen molar-refractivity contribution in [2.75, 3.05) is 0 Å². The lowest BCUT2D eigenvalue weighted by atomic mass is 10.1. The van der Waals surface area contributed by atoms with Crippen LogP contribution in [0.15, 0.2) is 22.4 Å². The number of pyridine rings is 1. The van der Waals surface area contributed by atoms with E-state index < -0.39 is 0 Å². The normalized spacial score (nSPS) is 12.1. The van der Waals surface area contributed by atoms with Gasteiger partial charge in [-0.25, -0.2) is 4.98 Å². The smallest absolute Gasteiger partial charge is 0.173 e. The predicted octanol–water partition coefficient (Wildman–Crippen LogP) is 1.99. The van der Waals surface area contributed by atoms with Gasteiger partial charge in [0, 0.05) is 11.4 Å². The summed E-state index contributed by atoms with van der Waals surface area (Å²) >= 11 is 1.60. The predicted molar refractivity (Wildman–Crippen MR) is 62.5 cm³/mol. The van der Waals surface area contributed by atoms with E-state index >= 15 is 0 Å². The maximum Gasteiger partial charge on any atom is 0.173 e. The van der Waals surface area contributed by atoms with Crippen LogP contribution in [0.4, 0.5) is 0 Å². The molecule has 0 spiro atoms. The highest BCUT2D eigenvalue weighted by Crippen LogP contribution is 2.26. The molecule has 4 nitrogen and oxygen atoms in total. The third-order valence-electron chi connectivity index (χ3n) is 1.84. The van der Waals surface area contributed by atoms with Crippen molar-refractivity contribution in [2.24, 2.45) is 10.9 Å². The van der Waals surface area contributed by atoms with Gasteiger partial charge in [0.1, 0.15) is 5.03 Å². The summed E-state index contributed by atoms with van der Waals surface area (Å²) in [4.78, 5) is 4.24. The van der Waals surface area contributed by atoms with E-state index in [0.29, 0.717) is 5.25 Å². The Morgan fingerprint density at radius 1 is 1.60 bits per heavy atom. The minimum absolute atomic E-state index is 0.115. The molecule has 0 aromatic carbocycles. The molecule has 0 amide bonds. The van der Waals surface area contributed by atoms with Crippen LogP contribution in [0.3, 0.4) is 0 Å². The van der Waals surface area contributed by atoms with Crippen molar-refractivity contribution in [3.8, 4) is 0 Å². The van der Waals surface area contributed by atoms with E-state index in [-0.39, 0.29) is 5.84 Å². The molecule has 0 aliphatic carbocycles. The zero-order valence-electron chi connectivity index (χ0n) is 9.06. The molecule has 3 N–H and O–H groups in total. The Bertz CT molecular complexity index is 377. The number of nitrogens with two attached hydrogens (primary N) is 1. The lowest BCUT2D eigenvalue weighted by Crippen LogP contribution is -2.17. The van der Waals surface area contributed by atoms with E-state index in [9.17, 15) is 0 Å². The van der Waals surface area contributed by atoms with Gasteiger partial charge in [-0.1, -0.05) is 19.0 Å². The summed E-state index contributed by atoms with van der Waals surface area (Å²) in [5.41, 5.74) is 7.30. The molecule has 15 heavy (non-hydrogen) atoms. The molecular formula is C10H15N3OS. The topological polar surface area (TPSA) is 71.5 Å². The van der Waals surface area contributed by atoms with Crippen LogP contribution in [-0.2, 0) is 0 Å². The lowest BCUT2D eigenvalue weighted by molar-refractivity contribution is 0.318. The van der Waals surface area contributed by atoms with Gasteiger partial charge < -0.3 is 10.9 Å². The summed E-state index contributed by atoms with van der Waals surface area (Å²) in [6.45, 7) is 6.06. The Morgan fingerprint density at radius 3 is 2.80 bits per heavy atom. The molecule has 0 saturated carbocycles. The van der Waals surface area contributed by atoms with Crippen LogP contribution >= 0.6 is 11.8 Å². The van der Waals surface area contributed by atoms with Crippen LogP contribution in [-0.4, -0.2) is 21.3 Å². The molecule has 0 unspecified atom stereocenters. The van der Waals surface area contributed by atoms with E-state index in [2.05, 4.69) is 24.0 Å². The van der Waals surface area contributed by atoms with Gasteiger partial charge in [0.15, 0.2) is 5.84 Å². The summed E-state index contributed by atoms with van der Waals surface area (Å²) in [6, 6.07) is 1.84. The second-order valence-corrected chi connectivity index (χ2v) is 5.03. The van der Waals surface area contributed by atoms with Gasteiger partial charge in [-0.15, -0.1) is 11.8 Å². The highest BCUT2D eigenvalue weighted by atomic mass is 32.2. The Labute approximate surface area is 93.6 Å². The quantitative estimate of drug-likeness (QED) is 0.271. The standard InChI is InChI=1S/C10H15N3OS/c1-6(2)15-10-8(9(11)13-14)7(3)4-5-12-10/h4-6,14H,1-3H3,(H2,11,13). The molecular weight excluding hydrogens is 210 g/mol. The summed E-state index contributed by atoms with van der Waals surface area (Å²) in [6.07, 6.45) is 1.73. The number of amidine groups is 1. The van der Waals surface area contributed by atoms with Gasteiger partial charge in [0.05, 0.1) is 5.56 Å². The fraction of sp³-hybridized carbons (Fsp3) is 0.400. The summed E-state index contributed by atoms with van der Waals surface area (Å²) < 4.78 is 0. The Morgan fingerprint density at radius 2 is 2.27 bits per heavy atom. The van der Waals surface area contributed by atoms with Gasteiger partial charge >= 0.3 is 0 Å². The molecule has 1 aromatic heterocycles. The van der Waals surface area contributed by atoms with E-state index in [0.717, 1.165) is 16.2 Å². The molecule has 0 saturated heterocycles. The average Bonchev–Trinajstić information content (AvgIpc) is 2.16. The summed E-state index contributed by atoms with van der Waals surface area (Å²) in [5, 5.41) is 12.9. The van der Waals surface area contributed by atoms with Gasteiger partial charge in [0.25, 0.3) is 0 Å². The Hall–Kier alpha value is -1.23. The number of nitrogens with zero attached hydrogens (tertiary/aromatic N) is 2. The first-order chi connectivity index (χ1) is 7.06. The van der Waals surface area contributed by atoms with Crippen molar-refractivity contribution in [1.29, 1.82) is 0 Å². The second-order valence-electron chi connectivity index (χ2n) is 3.46. The lowest BCUT2D eigenvalue weighted by Gasteiger charge is -2.11. The summed E-state index contributed by atoms with van der Waals surface area (Å²) in [5.74, 6) is 0.115. The molecule has 0 atom stereocenters. The SMILES string of the molecule is Cc1ccnc(SC(C)C)c1/C(N)=N/O. The monoisotopic (exact) mass is 225 g/mol. The van der Waals surface area contributed by atoms with Crippen molar-refractivity contribution in [2.45, 2.75) is 31.0 Å². The van der Waals surface area contributed by atoms with Gasteiger partial charge in [0.2, 0.25) is 0 Å². The molecule has 0 aliphatic heterocycles. The zero-order chi connectivity index (χ0) is 11.4. The first kappa shape index (κ1) is 11.8. The number of rotatable bonds is 3. The van der Waals surface area contributed by atoms with Crippen molar-refractivity contribution in [3.05, 3.63) is 23.4 Å². The van der Waals surface area contributed by atoms with Crippen molar-refractivity contribution in [3.63, 3.8) is 0 Å². The van der Waals surface area contributed by atoms with Crippen LogP contribution in [0.1, 0.15) is 25.0 Å². The molecule has 5 heteroatoms. The number of thioether (sulfide) groups is 1. The fourth-order valence-electron chi connectivity index (χ4n) is 1.21.